The number of piperidine rings is 1. The summed E-state index contributed by atoms with van der Waals surface area (Å²) < 4.78 is 32.4. The highest BCUT2D eigenvalue weighted by molar-refractivity contribution is 5.99. The lowest BCUT2D eigenvalue weighted by Crippen LogP contribution is -2.49. The van der Waals surface area contributed by atoms with Crippen LogP contribution in [-0.2, 0) is 13.0 Å². The molecule has 0 saturated carbocycles. The molecule has 0 radical (unpaired) electrons. The molecule has 0 unspecified atom stereocenters. The van der Waals surface area contributed by atoms with Crippen molar-refractivity contribution in [2.45, 2.75) is 32.2 Å². The summed E-state index contributed by atoms with van der Waals surface area (Å²) in [5, 5.41) is 11.7. The van der Waals surface area contributed by atoms with Crippen LogP contribution in [0.2, 0.25) is 0 Å². The number of benzene rings is 2. The molecule has 0 bridgehead atoms. The number of nitrogens with zero attached hydrogens (tertiary/aromatic N) is 1. The summed E-state index contributed by atoms with van der Waals surface area (Å²) in [4.78, 5) is 27.0. The van der Waals surface area contributed by atoms with E-state index in [-0.39, 0.29) is 42.7 Å². The second-order valence-electron chi connectivity index (χ2n) is 8.56. The van der Waals surface area contributed by atoms with Crippen LogP contribution in [0.3, 0.4) is 0 Å². The Labute approximate surface area is 185 Å². The number of ketones is 1. The first-order valence-corrected chi connectivity index (χ1v) is 10.8. The van der Waals surface area contributed by atoms with E-state index in [4.69, 9.17) is 9.84 Å². The number of hydrogen-bond donors (Lipinski definition) is 2. The zero-order valence-electron chi connectivity index (χ0n) is 17.7. The highest BCUT2D eigenvalue weighted by Crippen LogP contribution is 2.43. The van der Waals surface area contributed by atoms with E-state index in [0.29, 0.717) is 43.5 Å². The van der Waals surface area contributed by atoms with Crippen molar-refractivity contribution < 1.29 is 28.2 Å². The third-order valence-corrected chi connectivity index (χ3v) is 6.37. The lowest BCUT2D eigenvalue weighted by atomic mass is 9.66. The Morgan fingerprint density at radius 3 is 2.66 bits per heavy atom. The minimum Gasteiger partial charge on any atom is -0.488 e. The number of Topliss-reactive ketones (excluding diaryl/α,β-unsaturated/α-hetero) is 1. The molecule has 2 amide bonds. The molecule has 1 spiro atoms. The maximum absolute atomic E-state index is 13.8. The van der Waals surface area contributed by atoms with Crippen LogP contribution in [0.15, 0.2) is 36.4 Å². The van der Waals surface area contributed by atoms with Crippen molar-refractivity contribution in [2.24, 2.45) is 5.41 Å². The molecule has 1 heterocycles. The Morgan fingerprint density at radius 2 is 1.91 bits per heavy atom. The third kappa shape index (κ3) is 4.75. The number of halogens is 2. The largest absolute Gasteiger partial charge is 0.488 e. The van der Waals surface area contributed by atoms with Crippen LogP contribution >= 0.6 is 0 Å². The molecule has 2 aromatic carbocycles. The zero-order chi connectivity index (χ0) is 22.7. The van der Waals surface area contributed by atoms with Crippen LogP contribution in [0.25, 0.3) is 0 Å². The van der Waals surface area contributed by atoms with Crippen molar-refractivity contribution >= 4 is 11.8 Å². The van der Waals surface area contributed by atoms with Gasteiger partial charge in [0.1, 0.15) is 12.4 Å². The van der Waals surface area contributed by atoms with E-state index in [9.17, 15) is 18.4 Å². The Bertz CT molecular complexity index is 1020. The number of likely N-dealkylation sites (tertiary alicyclic amines) is 1. The fraction of sp³-hybridized carbons (Fsp3) is 0.417. The first-order valence-electron chi connectivity index (χ1n) is 10.8. The number of aliphatic hydroxyl groups is 1. The molecule has 1 fully saturated rings. The number of amides is 2. The van der Waals surface area contributed by atoms with Gasteiger partial charge < -0.3 is 20.1 Å². The molecule has 2 aromatic rings. The van der Waals surface area contributed by atoms with Crippen LogP contribution in [-0.4, -0.2) is 48.1 Å². The maximum Gasteiger partial charge on any atom is 0.317 e. The Kier molecular flexibility index (Phi) is 6.41. The molecule has 2 aliphatic rings. The highest BCUT2D eigenvalue weighted by atomic mass is 19.1. The van der Waals surface area contributed by atoms with Crippen LogP contribution in [0, 0.1) is 17.0 Å². The predicted octanol–water partition coefficient (Wildman–Crippen LogP) is 3.46. The number of hydrogen-bond acceptors (Lipinski definition) is 4. The molecular weight excluding hydrogens is 418 g/mol. The molecule has 6 nitrogen and oxygen atoms in total. The molecule has 0 atom stereocenters. The molecular formula is C24H26F2N2O4. The van der Waals surface area contributed by atoms with E-state index < -0.39 is 11.6 Å². The van der Waals surface area contributed by atoms with Crippen molar-refractivity contribution in [3.05, 3.63) is 64.7 Å². The minimum atomic E-state index is -0.527. The van der Waals surface area contributed by atoms with Gasteiger partial charge in [-0.15, -0.1) is 0 Å². The van der Waals surface area contributed by atoms with E-state index >= 15 is 0 Å². The Hall–Kier alpha value is -3.00. The average Bonchev–Trinajstić information content (AvgIpc) is 2.78. The van der Waals surface area contributed by atoms with Crippen LogP contribution in [0.5, 0.6) is 5.75 Å². The van der Waals surface area contributed by atoms with Gasteiger partial charge in [0.25, 0.3) is 0 Å². The molecule has 1 saturated heterocycles. The van der Waals surface area contributed by atoms with Crippen LogP contribution < -0.4 is 10.1 Å². The summed E-state index contributed by atoms with van der Waals surface area (Å²) in [5.74, 6) is -0.916. The zero-order valence-corrected chi connectivity index (χ0v) is 17.7. The van der Waals surface area contributed by atoms with Crippen molar-refractivity contribution in [3.63, 3.8) is 0 Å². The van der Waals surface area contributed by atoms with Crippen LogP contribution in [0.4, 0.5) is 13.6 Å². The number of urea groups is 1. The highest BCUT2D eigenvalue weighted by Gasteiger charge is 2.41. The Morgan fingerprint density at radius 1 is 1.12 bits per heavy atom. The summed E-state index contributed by atoms with van der Waals surface area (Å²) in [6.45, 7) is 1.05. The molecule has 2 N–H and O–H groups in total. The summed E-state index contributed by atoms with van der Waals surface area (Å²) in [6.07, 6.45) is 2.51. The smallest absolute Gasteiger partial charge is 0.317 e. The van der Waals surface area contributed by atoms with Gasteiger partial charge in [0, 0.05) is 31.6 Å². The second-order valence-corrected chi connectivity index (χ2v) is 8.56. The van der Waals surface area contributed by atoms with E-state index in [1.54, 1.807) is 17.0 Å². The van der Waals surface area contributed by atoms with Gasteiger partial charge in [-0.3, -0.25) is 4.79 Å². The number of nitrogens with one attached hydrogen (secondary N) is 1. The number of aliphatic hydroxyl groups excluding tert-OH is 1. The SMILES string of the molecule is O=C1CC2(CCN(C(=O)NCc3ccc(F)c(OCCO)c3)CC2)Cc2ccc(F)cc21. The molecule has 32 heavy (non-hydrogen) atoms. The normalized spacial score (nSPS) is 17.2. The van der Waals surface area contributed by atoms with E-state index in [2.05, 4.69) is 5.32 Å². The summed E-state index contributed by atoms with van der Waals surface area (Å²) in [6, 6.07) is 8.54. The number of ether oxygens (including phenoxy) is 1. The molecule has 170 valence electrons. The average molecular weight is 444 g/mol. The maximum atomic E-state index is 13.8. The first kappa shape index (κ1) is 22.2. The third-order valence-electron chi connectivity index (χ3n) is 6.37. The molecule has 0 aromatic heterocycles. The number of carbonyl (C=O) groups excluding carboxylic acids is 2. The summed E-state index contributed by atoms with van der Waals surface area (Å²) >= 11 is 0. The molecule has 1 aliphatic heterocycles. The molecule has 4 rings (SSSR count). The molecule has 8 heteroatoms. The Balaban J connectivity index is 1.32. The van der Waals surface area contributed by atoms with Gasteiger partial charge in [0.2, 0.25) is 0 Å². The van der Waals surface area contributed by atoms with E-state index in [1.807, 2.05) is 0 Å². The topological polar surface area (TPSA) is 78.9 Å². The van der Waals surface area contributed by atoms with Crippen molar-refractivity contribution in [2.75, 3.05) is 26.3 Å². The monoisotopic (exact) mass is 444 g/mol. The fourth-order valence-electron chi connectivity index (χ4n) is 4.62. The quantitative estimate of drug-likeness (QED) is 0.741. The van der Waals surface area contributed by atoms with E-state index in [1.165, 1.54) is 24.3 Å². The second kappa shape index (κ2) is 9.24. The van der Waals surface area contributed by atoms with Crippen molar-refractivity contribution in [1.29, 1.82) is 0 Å². The van der Waals surface area contributed by atoms with Crippen molar-refractivity contribution in [1.82, 2.24) is 10.2 Å². The van der Waals surface area contributed by atoms with Crippen molar-refractivity contribution in [3.8, 4) is 5.75 Å². The number of carbonyl (C=O) groups is 2. The lowest BCUT2D eigenvalue weighted by molar-refractivity contribution is 0.0735. The number of rotatable bonds is 5. The van der Waals surface area contributed by atoms with Gasteiger partial charge in [0.05, 0.1) is 6.61 Å². The van der Waals surface area contributed by atoms with Gasteiger partial charge >= 0.3 is 6.03 Å². The fourth-order valence-corrected chi connectivity index (χ4v) is 4.62. The van der Waals surface area contributed by atoms with E-state index in [0.717, 1.165) is 12.0 Å². The van der Waals surface area contributed by atoms with Gasteiger partial charge in [-0.1, -0.05) is 12.1 Å². The van der Waals surface area contributed by atoms with Gasteiger partial charge in [0.15, 0.2) is 17.3 Å². The van der Waals surface area contributed by atoms with Gasteiger partial charge in [-0.25, -0.2) is 13.6 Å². The standard InChI is InChI=1S/C24H26F2N2O4/c25-18-3-2-17-13-24(14-21(30)19(17)12-18)5-7-28(8-6-24)23(31)27-15-16-1-4-20(26)22(11-16)32-10-9-29/h1-4,11-12,29H,5-10,13-15H2,(H,27,31). The first-order chi connectivity index (χ1) is 15.4. The summed E-state index contributed by atoms with van der Waals surface area (Å²) in [5.41, 5.74) is 1.87. The molecule has 1 aliphatic carbocycles. The number of fused-ring (bicyclic) bond motifs is 1. The predicted molar refractivity (Wildman–Crippen MR) is 114 cm³/mol. The van der Waals surface area contributed by atoms with Gasteiger partial charge in [-0.2, -0.15) is 0 Å². The minimum absolute atomic E-state index is 0.00974. The van der Waals surface area contributed by atoms with Gasteiger partial charge in [-0.05, 0) is 60.1 Å². The van der Waals surface area contributed by atoms with Crippen LogP contribution in [0.1, 0.15) is 40.7 Å². The summed E-state index contributed by atoms with van der Waals surface area (Å²) in [7, 11) is 0. The lowest BCUT2D eigenvalue weighted by Gasteiger charge is -2.44.